The zero-order valence-electron chi connectivity index (χ0n) is 11.1. The molecule has 6 nitrogen and oxygen atoms in total. The second-order valence-electron chi connectivity index (χ2n) is 4.41. The van der Waals surface area contributed by atoms with Crippen LogP contribution in [0.25, 0.3) is 0 Å². The number of carbonyl (C=O) groups is 2. The Bertz CT molecular complexity index is 654. The van der Waals surface area contributed by atoms with Gasteiger partial charge in [0.05, 0.1) is 24.7 Å². The van der Waals surface area contributed by atoms with E-state index in [0.29, 0.717) is 17.1 Å². The molecule has 0 aliphatic rings. The zero-order valence-corrected chi connectivity index (χ0v) is 11.9. The molecule has 1 aromatic carbocycles. The van der Waals surface area contributed by atoms with Gasteiger partial charge in [0, 0.05) is 17.8 Å². The number of aromatic nitrogens is 2. The number of aliphatic carboxylic acids is 1. The standard InChI is InChI=1S/C14H14ClN3O3/c15-12-4-2-1-3-10(12)7-16-14(21)11-8-17-18(9-11)6-5-13(19)20/h1-4,8-9H,5-7H2,(H,16,21)(H,19,20). The van der Waals surface area contributed by atoms with Gasteiger partial charge in [0.25, 0.3) is 5.91 Å². The van der Waals surface area contributed by atoms with E-state index in [1.807, 2.05) is 18.2 Å². The Balaban J connectivity index is 1.92. The number of nitrogens with one attached hydrogen (secondary N) is 1. The van der Waals surface area contributed by atoms with Crippen LogP contribution < -0.4 is 5.32 Å². The van der Waals surface area contributed by atoms with Crippen molar-refractivity contribution in [2.45, 2.75) is 19.5 Å². The van der Waals surface area contributed by atoms with E-state index in [1.54, 1.807) is 6.07 Å². The summed E-state index contributed by atoms with van der Waals surface area (Å²) in [5.41, 5.74) is 1.21. The molecule has 1 heterocycles. The normalized spacial score (nSPS) is 10.3. The third-order valence-electron chi connectivity index (χ3n) is 2.85. The molecule has 2 N–H and O–H groups in total. The fourth-order valence-corrected chi connectivity index (χ4v) is 1.94. The first kappa shape index (κ1) is 15.1. The number of halogens is 1. The molecule has 2 aromatic rings. The van der Waals surface area contributed by atoms with Crippen molar-refractivity contribution in [1.29, 1.82) is 0 Å². The summed E-state index contributed by atoms with van der Waals surface area (Å²) >= 11 is 6.01. The Morgan fingerprint density at radius 2 is 2.10 bits per heavy atom. The molecule has 1 amide bonds. The Hall–Kier alpha value is -2.34. The third-order valence-corrected chi connectivity index (χ3v) is 3.22. The summed E-state index contributed by atoms with van der Waals surface area (Å²) in [7, 11) is 0. The summed E-state index contributed by atoms with van der Waals surface area (Å²) < 4.78 is 1.43. The smallest absolute Gasteiger partial charge is 0.305 e. The van der Waals surface area contributed by atoms with Crippen molar-refractivity contribution in [2.75, 3.05) is 0 Å². The molecule has 0 saturated carbocycles. The van der Waals surface area contributed by atoms with Crippen molar-refractivity contribution in [3.8, 4) is 0 Å². The van der Waals surface area contributed by atoms with Gasteiger partial charge in [0.1, 0.15) is 0 Å². The number of carbonyl (C=O) groups excluding carboxylic acids is 1. The molecule has 2 rings (SSSR count). The monoisotopic (exact) mass is 307 g/mol. The number of amides is 1. The molecule has 0 spiro atoms. The highest BCUT2D eigenvalue weighted by molar-refractivity contribution is 6.31. The molecule has 0 fully saturated rings. The molecule has 7 heteroatoms. The minimum Gasteiger partial charge on any atom is -0.481 e. The predicted octanol–water partition coefficient (Wildman–Crippen LogP) is 1.94. The van der Waals surface area contributed by atoms with Crippen LogP contribution in [0.2, 0.25) is 5.02 Å². The van der Waals surface area contributed by atoms with Crippen molar-refractivity contribution >= 4 is 23.5 Å². The Kier molecular flexibility index (Phi) is 4.94. The highest BCUT2D eigenvalue weighted by Crippen LogP contribution is 2.14. The Morgan fingerprint density at radius 3 is 2.81 bits per heavy atom. The minimum atomic E-state index is -0.907. The van der Waals surface area contributed by atoms with Crippen molar-refractivity contribution < 1.29 is 14.7 Å². The van der Waals surface area contributed by atoms with Gasteiger partial charge in [-0.05, 0) is 11.6 Å². The number of hydrogen-bond acceptors (Lipinski definition) is 3. The Morgan fingerprint density at radius 1 is 1.33 bits per heavy atom. The first-order valence-electron chi connectivity index (χ1n) is 6.32. The molecular weight excluding hydrogens is 294 g/mol. The van der Waals surface area contributed by atoms with E-state index in [4.69, 9.17) is 16.7 Å². The molecule has 21 heavy (non-hydrogen) atoms. The molecular formula is C14H14ClN3O3. The van der Waals surface area contributed by atoms with Crippen molar-refractivity contribution in [3.63, 3.8) is 0 Å². The maximum atomic E-state index is 12.0. The van der Waals surface area contributed by atoms with Crippen molar-refractivity contribution in [1.82, 2.24) is 15.1 Å². The third kappa shape index (κ3) is 4.32. The lowest BCUT2D eigenvalue weighted by Gasteiger charge is -2.05. The summed E-state index contributed by atoms with van der Waals surface area (Å²) in [6.45, 7) is 0.548. The van der Waals surface area contributed by atoms with Crippen LogP contribution in [0.15, 0.2) is 36.7 Å². The van der Waals surface area contributed by atoms with Gasteiger partial charge in [-0.3, -0.25) is 14.3 Å². The van der Waals surface area contributed by atoms with Crippen LogP contribution in [0.4, 0.5) is 0 Å². The second kappa shape index (κ2) is 6.90. The fraction of sp³-hybridized carbons (Fsp3) is 0.214. The van der Waals surface area contributed by atoms with Crippen LogP contribution in [-0.4, -0.2) is 26.8 Å². The van der Waals surface area contributed by atoms with Gasteiger partial charge in [0.2, 0.25) is 0 Å². The summed E-state index contributed by atoms with van der Waals surface area (Å²) in [6.07, 6.45) is 2.89. The SMILES string of the molecule is O=C(O)CCn1cc(C(=O)NCc2ccccc2Cl)cn1. The summed E-state index contributed by atoms with van der Waals surface area (Å²) in [6, 6.07) is 7.25. The molecule has 0 radical (unpaired) electrons. The average molecular weight is 308 g/mol. The fourth-order valence-electron chi connectivity index (χ4n) is 1.73. The lowest BCUT2D eigenvalue weighted by atomic mass is 10.2. The lowest BCUT2D eigenvalue weighted by Crippen LogP contribution is -2.22. The summed E-state index contributed by atoms with van der Waals surface area (Å²) in [5, 5.41) is 15.9. The lowest BCUT2D eigenvalue weighted by molar-refractivity contribution is -0.137. The van der Waals surface area contributed by atoms with E-state index in [2.05, 4.69) is 10.4 Å². The summed E-state index contributed by atoms with van der Waals surface area (Å²) in [4.78, 5) is 22.4. The molecule has 1 aromatic heterocycles. The maximum absolute atomic E-state index is 12.0. The maximum Gasteiger partial charge on any atom is 0.305 e. The van der Waals surface area contributed by atoms with Gasteiger partial charge in [0.15, 0.2) is 0 Å². The largest absolute Gasteiger partial charge is 0.481 e. The second-order valence-corrected chi connectivity index (χ2v) is 4.82. The van der Waals surface area contributed by atoms with Crippen molar-refractivity contribution in [2.24, 2.45) is 0 Å². The molecule has 0 aliphatic heterocycles. The van der Waals surface area contributed by atoms with Gasteiger partial charge in [-0.25, -0.2) is 0 Å². The number of hydrogen-bond donors (Lipinski definition) is 2. The molecule has 0 unspecified atom stereocenters. The molecule has 110 valence electrons. The average Bonchev–Trinajstić information content (AvgIpc) is 2.93. The molecule has 0 atom stereocenters. The number of carboxylic acids is 1. The number of benzene rings is 1. The first-order valence-corrected chi connectivity index (χ1v) is 6.70. The highest BCUT2D eigenvalue weighted by Gasteiger charge is 2.09. The van der Waals surface area contributed by atoms with Crippen LogP contribution in [-0.2, 0) is 17.9 Å². The molecule has 0 bridgehead atoms. The quantitative estimate of drug-likeness (QED) is 0.854. The zero-order chi connectivity index (χ0) is 15.2. The summed E-state index contributed by atoms with van der Waals surface area (Å²) in [5.74, 6) is -1.19. The van der Waals surface area contributed by atoms with E-state index < -0.39 is 5.97 Å². The van der Waals surface area contributed by atoms with E-state index in [9.17, 15) is 9.59 Å². The van der Waals surface area contributed by atoms with Gasteiger partial charge in [-0.2, -0.15) is 5.10 Å². The number of rotatable bonds is 6. The van der Waals surface area contributed by atoms with Crippen LogP contribution in [0.1, 0.15) is 22.3 Å². The van der Waals surface area contributed by atoms with Crippen LogP contribution in [0.3, 0.4) is 0 Å². The van der Waals surface area contributed by atoms with Gasteiger partial charge in [-0.1, -0.05) is 29.8 Å². The van der Waals surface area contributed by atoms with Crippen LogP contribution in [0.5, 0.6) is 0 Å². The highest BCUT2D eigenvalue weighted by atomic mass is 35.5. The van der Waals surface area contributed by atoms with E-state index in [-0.39, 0.29) is 18.9 Å². The van der Waals surface area contributed by atoms with Gasteiger partial charge < -0.3 is 10.4 Å². The number of aryl methyl sites for hydroxylation is 1. The first-order chi connectivity index (χ1) is 10.1. The number of nitrogens with zero attached hydrogens (tertiary/aromatic N) is 2. The number of carboxylic acid groups (broad SMARTS) is 1. The van der Waals surface area contributed by atoms with E-state index in [0.717, 1.165) is 5.56 Å². The van der Waals surface area contributed by atoms with Crippen molar-refractivity contribution in [3.05, 3.63) is 52.8 Å². The molecule has 0 saturated heterocycles. The minimum absolute atomic E-state index is 0.0393. The van der Waals surface area contributed by atoms with E-state index >= 15 is 0 Å². The van der Waals surface area contributed by atoms with E-state index in [1.165, 1.54) is 17.1 Å². The predicted molar refractivity (Wildman–Crippen MR) is 77.1 cm³/mol. The molecule has 0 aliphatic carbocycles. The van der Waals surface area contributed by atoms with Gasteiger partial charge in [-0.15, -0.1) is 0 Å². The topological polar surface area (TPSA) is 84.2 Å². The van der Waals surface area contributed by atoms with Crippen LogP contribution in [0, 0.1) is 0 Å². The van der Waals surface area contributed by atoms with Gasteiger partial charge >= 0.3 is 5.97 Å². The van der Waals surface area contributed by atoms with Crippen LogP contribution >= 0.6 is 11.6 Å². The Labute approximate surface area is 126 Å².